The van der Waals surface area contributed by atoms with E-state index in [-0.39, 0.29) is 28.3 Å². The number of nitrogens with zero attached hydrogens (tertiary/aromatic N) is 1. The number of aryl methyl sites for hydroxylation is 1. The SMILES string of the molecule is CCOC(=O)c1[nH]c(C)c(C(=O)CN2C(=O)c3ccccc3S2(=O)=O)c1C. The lowest BCUT2D eigenvalue weighted by molar-refractivity contribution is 0.0519. The largest absolute Gasteiger partial charge is 0.461 e. The first-order valence-electron chi connectivity index (χ1n) is 8.25. The zero-order valence-corrected chi connectivity index (χ0v) is 15.8. The number of nitrogens with one attached hydrogen (secondary N) is 1. The van der Waals surface area contributed by atoms with Gasteiger partial charge in [0.15, 0.2) is 5.78 Å². The lowest BCUT2D eigenvalue weighted by Crippen LogP contribution is -2.35. The van der Waals surface area contributed by atoms with Gasteiger partial charge in [0.2, 0.25) is 0 Å². The summed E-state index contributed by atoms with van der Waals surface area (Å²) in [5.41, 5.74) is 1.12. The molecule has 1 N–H and O–H groups in total. The van der Waals surface area contributed by atoms with Crippen LogP contribution in [0.3, 0.4) is 0 Å². The van der Waals surface area contributed by atoms with E-state index in [1.807, 2.05) is 0 Å². The number of H-pyrrole nitrogens is 1. The quantitative estimate of drug-likeness (QED) is 0.615. The van der Waals surface area contributed by atoms with Crippen LogP contribution in [-0.4, -0.2) is 48.5 Å². The number of esters is 1. The van der Waals surface area contributed by atoms with Crippen LogP contribution in [0.2, 0.25) is 0 Å². The number of ether oxygens (including phenoxy) is 1. The van der Waals surface area contributed by atoms with Crippen LogP contribution in [0.5, 0.6) is 0 Å². The molecule has 9 heteroatoms. The number of benzene rings is 1. The highest BCUT2D eigenvalue weighted by Crippen LogP contribution is 2.30. The van der Waals surface area contributed by atoms with Gasteiger partial charge in [-0.25, -0.2) is 17.5 Å². The van der Waals surface area contributed by atoms with Gasteiger partial charge in [0, 0.05) is 11.3 Å². The number of ketones is 1. The van der Waals surface area contributed by atoms with Gasteiger partial charge in [0.25, 0.3) is 15.9 Å². The highest BCUT2D eigenvalue weighted by atomic mass is 32.2. The molecule has 0 saturated heterocycles. The summed E-state index contributed by atoms with van der Waals surface area (Å²) in [6, 6.07) is 5.81. The van der Waals surface area contributed by atoms with E-state index in [1.54, 1.807) is 26.8 Å². The van der Waals surface area contributed by atoms with Crippen molar-refractivity contribution in [1.29, 1.82) is 0 Å². The van der Waals surface area contributed by atoms with Crippen molar-refractivity contribution in [2.45, 2.75) is 25.7 Å². The first-order chi connectivity index (χ1) is 12.7. The third-order valence-corrected chi connectivity index (χ3v) is 6.18. The lowest BCUT2D eigenvalue weighted by Gasteiger charge is -2.14. The summed E-state index contributed by atoms with van der Waals surface area (Å²) in [6.45, 7) is 4.36. The molecule has 27 heavy (non-hydrogen) atoms. The van der Waals surface area contributed by atoms with E-state index in [1.165, 1.54) is 18.2 Å². The van der Waals surface area contributed by atoms with E-state index in [0.29, 0.717) is 15.6 Å². The molecule has 0 bridgehead atoms. The fraction of sp³-hybridized carbons (Fsp3) is 0.278. The molecule has 1 aliphatic heterocycles. The second-order valence-corrected chi connectivity index (χ2v) is 7.91. The normalized spacial score (nSPS) is 14.9. The molecule has 1 amide bonds. The van der Waals surface area contributed by atoms with Crippen molar-refractivity contribution in [3.8, 4) is 0 Å². The minimum Gasteiger partial charge on any atom is -0.461 e. The van der Waals surface area contributed by atoms with Crippen molar-refractivity contribution in [2.24, 2.45) is 0 Å². The number of carbonyl (C=O) groups excluding carboxylic acids is 3. The van der Waals surface area contributed by atoms with Crippen LogP contribution in [0, 0.1) is 13.8 Å². The molecule has 0 unspecified atom stereocenters. The number of sulfonamides is 1. The van der Waals surface area contributed by atoms with Gasteiger partial charge >= 0.3 is 5.97 Å². The Bertz CT molecular complexity index is 1070. The summed E-state index contributed by atoms with van der Waals surface area (Å²) in [4.78, 5) is 39.9. The molecule has 142 valence electrons. The van der Waals surface area contributed by atoms with Crippen molar-refractivity contribution < 1.29 is 27.5 Å². The Morgan fingerprint density at radius 2 is 1.85 bits per heavy atom. The average molecular weight is 390 g/mol. The van der Waals surface area contributed by atoms with Crippen LogP contribution in [-0.2, 0) is 14.8 Å². The number of aromatic amines is 1. The summed E-state index contributed by atoms with van der Waals surface area (Å²) in [5.74, 6) is -1.92. The maximum Gasteiger partial charge on any atom is 0.355 e. The molecule has 1 aliphatic rings. The molecule has 0 aliphatic carbocycles. The van der Waals surface area contributed by atoms with Crippen molar-refractivity contribution in [1.82, 2.24) is 9.29 Å². The number of aromatic nitrogens is 1. The van der Waals surface area contributed by atoms with Gasteiger partial charge in [-0.3, -0.25) is 9.59 Å². The highest BCUT2D eigenvalue weighted by molar-refractivity contribution is 7.90. The molecule has 2 aromatic rings. The van der Waals surface area contributed by atoms with Crippen LogP contribution >= 0.6 is 0 Å². The summed E-state index contributed by atoms with van der Waals surface area (Å²) < 4.78 is 30.7. The number of hydrogen-bond donors (Lipinski definition) is 1. The first-order valence-corrected chi connectivity index (χ1v) is 9.69. The molecule has 0 radical (unpaired) electrons. The van der Waals surface area contributed by atoms with Gasteiger partial charge < -0.3 is 9.72 Å². The Labute approximate surface area is 156 Å². The van der Waals surface area contributed by atoms with Gasteiger partial charge in [-0.15, -0.1) is 0 Å². The smallest absolute Gasteiger partial charge is 0.355 e. The number of hydrogen-bond acceptors (Lipinski definition) is 6. The summed E-state index contributed by atoms with van der Waals surface area (Å²) in [7, 11) is -4.08. The Hall–Kier alpha value is -2.94. The molecular formula is C18H18N2O6S. The number of rotatable bonds is 5. The molecule has 8 nitrogen and oxygen atoms in total. The minimum atomic E-state index is -4.08. The Balaban J connectivity index is 1.94. The van der Waals surface area contributed by atoms with E-state index in [4.69, 9.17) is 4.74 Å². The average Bonchev–Trinajstić information content (AvgIpc) is 3.02. The molecule has 3 rings (SSSR count). The Morgan fingerprint density at radius 3 is 2.48 bits per heavy atom. The molecule has 1 aromatic carbocycles. The van der Waals surface area contributed by atoms with E-state index in [2.05, 4.69) is 4.98 Å². The Kier molecular flexibility index (Phi) is 4.64. The molecule has 0 spiro atoms. The summed E-state index contributed by atoms with van der Waals surface area (Å²) in [5, 5.41) is 0. The second kappa shape index (κ2) is 6.66. The van der Waals surface area contributed by atoms with Gasteiger partial charge in [-0.2, -0.15) is 0 Å². The fourth-order valence-electron chi connectivity index (χ4n) is 3.17. The van der Waals surface area contributed by atoms with E-state index in [9.17, 15) is 22.8 Å². The van der Waals surface area contributed by atoms with Crippen molar-refractivity contribution in [3.63, 3.8) is 0 Å². The van der Waals surface area contributed by atoms with Crippen LogP contribution < -0.4 is 0 Å². The van der Waals surface area contributed by atoms with Crippen LogP contribution in [0.4, 0.5) is 0 Å². The molecule has 0 atom stereocenters. The van der Waals surface area contributed by atoms with Crippen molar-refractivity contribution >= 4 is 27.7 Å². The van der Waals surface area contributed by atoms with Gasteiger partial charge in [-0.1, -0.05) is 12.1 Å². The van der Waals surface area contributed by atoms with Crippen LogP contribution in [0.15, 0.2) is 29.2 Å². The zero-order valence-electron chi connectivity index (χ0n) is 15.0. The van der Waals surface area contributed by atoms with Crippen LogP contribution in [0.25, 0.3) is 0 Å². The third-order valence-electron chi connectivity index (χ3n) is 4.40. The fourth-order valence-corrected chi connectivity index (χ4v) is 4.70. The first kappa shape index (κ1) is 18.8. The predicted molar refractivity (Wildman–Crippen MR) is 95.2 cm³/mol. The number of Topliss-reactive ketones (excluding diaryl/α,β-unsaturated/α-hetero) is 1. The van der Waals surface area contributed by atoms with Gasteiger partial charge in [-0.05, 0) is 38.5 Å². The molecule has 0 saturated carbocycles. The monoisotopic (exact) mass is 390 g/mol. The number of amides is 1. The maximum absolute atomic E-state index is 12.8. The number of fused-ring (bicyclic) bond motifs is 1. The summed E-state index contributed by atoms with van der Waals surface area (Å²) in [6.07, 6.45) is 0. The summed E-state index contributed by atoms with van der Waals surface area (Å²) >= 11 is 0. The molecule has 2 heterocycles. The topological polar surface area (TPSA) is 114 Å². The second-order valence-electron chi connectivity index (χ2n) is 6.08. The van der Waals surface area contributed by atoms with Gasteiger partial charge in [0.1, 0.15) is 17.1 Å². The van der Waals surface area contributed by atoms with Crippen molar-refractivity contribution in [2.75, 3.05) is 13.2 Å². The van der Waals surface area contributed by atoms with Crippen LogP contribution in [0.1, 0.15) is 49.4 Å². The maximum atomic E-state index is 12.8. The Morgan fingerprint density at radius 1 is 1.19 bits per heavy atom. The minimum absolute atomic E-state index is 0.0417. The lowest BCUT2D eigenvalue weighted by atomic mass is 10.1. The zero-order chi connectivity index (χ0) is 19.9. The number of carbonyl (C=O) groups is 3. The highest BCUT2D eigenvalue weighted by Gasteiger charge is 2.42. The third kappa shape index (κ3) is 2.93. The van der Waals surface area contributed by atoms with E-state index >= 15 is 0 Å². The van der Waals surface area contributed by atoms with Gasteiger partial charge in [0.05, 0.1) is 12.2 Å². The van der Waals surface area contributed by atoms with Crippen molar-refractivity contribution in [3.05, 3.63) is 52.3 Å². The predicted octanol–water partition coefficient (Wildman–Crippen LogP) is 1.84. The molecule has 0 fully saturated rings. The molecular weight excluding hydrogens is 372 g/mol. The van der Waals surface area contributed by atoms with E-state index < -0.39 is 34.2 Å². The van der Waals surface area contributed by atoms with E-state index in [0.717, 1.165) is 0 Å². The standard InChI is InChI=1S/C18H18N2O6S/c1-4-26-18(23)16-10(2)15(11(3)19-16)13(21)9-20-17(22)12-7-5-6-8-14(12)27(20,24)25/h5-8,19H,4,9H2,1-3H3. The molecule has 1 aromatic heterocycles.